The van der Waals surface area contributed by atoms with Crippen molar-refractivity contribution in [3.8, 4) is 23.0 Å². The molecule has 7 rings (SSSR count). The Labute approximate surface area is 205 Å². The lowest BCUT2D eigenvalue weighted by atomic mass is 9.93. The summed E-state index contributed by atoms with van der Waals surface area (Å²) in [5, 5.41) is 16.4. The van der Waals surface area contributed by atoms with E-state index in [9.17, 15) is 10.1 Å². The van der Waals surface area contributed by atoms with Crippen LogP contribution in [0.4, 0.5) is 5.69 Å². The Morgan fingerprint density at radius 3 is 2.61 bits per heavy atom. The second-order valence-corrected chi connectivity index (χ2v) is 9.00. The highest BCUT2D eigenvalue weighted by Gasteiger charge is 2.29. The number of nitro groups is 1. The normalized spacial score (nSPS) is 13.6. The molecule has 0 saturated carbocycles. The molecule has 5 aromatic rings. The van der Waals surface area contributed by atoms with Gasteiger partial charge in [-0.1, -0.05) is 0 Å². The fourth-order valence-electron chi connectivity index (χ4n) is 5.41. The highest BCUT2D eigenvalue weighted by Crippen LogP contribution is 2.46. The zero-order chi connectivity index (χ0) is 24.4. The van der Waals surface area contributed by atoms with Crippen LogP contribution in [0, 0.1) is 10.1 Å². The van der Waals surface area contributed by atoms with Crippen LogP contribution in [0.25, 0.3) is 32.4 Å². The van der Waals surface area contributed by atoms with Gasteiger partial charge in [-0.05, 0) is 53.6 Å². The van der Waals surface area contributed by atoms with Gasteiger partial charge in [-0.3, -0.25) is 10.1 Å². The number of non-ortho nitro benzene ring substituents is 1. The van der Waals surface area contributed by atoms with E-state index in [0.29, 0.717) is 11.5 Å². The maximum atomic E-state index is 11.0. The van der Waals surface area contributed by atoms with Crippen LogP contribution in [-0.2, 0) is 19.6 Å². The summed E-state index contributed by atoms with van der Waals surface area (Å²) in [4.78, 5) is 10.6. The number of benzene rings is 4. The third-order valence-electron chi connectivity index (χ3n) is 7.09. The van der Waals surface area contributed by atoms with Crippen molar-refractivity contribution in [2.75, 3.05) is 13.9 Å². The summed E-state index contributed by atoms with van der Waals surface area (Å²) in [6.45, 7) is 1.34. The molecular formula is C28H21N2O6+. The van der Waals surface area contributed by atoms with Crippen LogP contribution in [0.1, 0.15) is 11.1 Å². The minimum Gasteiger partial charge on any atom is -0.493 e. The molecule has 8 nitrogen and oxygen atoms in total. The second kappa shape index (κ2) is 7.71. The summed E-state index contributed by atoms with van der Waals surface area (Å²) in [6.07, 6.45) is 3.02. The molecule has 0 N–H and O–H groups in total. The molecule has 1 aromatic heterocycles. The molecule has 0 atom stereocenters. The molecule has 0 aliphatic carbocycles. The third-order valence-corrected chi connectivity index (χ3v) is 7.09. The molecular weight excluding hydrogens is 460 g/mol. The average molecular weight is 481 g/mol. The Kier molecular flexibility index (Phi) is 4.44. The number of nitrogens with zero attached hydrogens (tertiary/aromatic N) is 2. The van der Waals surface area contributed by atoms with E-state index in [1.165, 1.54) is 28.6 Å². The molecule has 0 radical (unpaired) electrons. The topological polar surface area (TPSA) is 83.9 Å². The summed E-state index contributed by atoms with van der Waals surface area (Å²) < 4.78 is 25.7. The van der Waals surface area contributed by atoms with Crippen molar-refractivity contribution >= 4 is 38.1 Å². The van der Waals surface area contributed by atoms with Gasteiger partial charge in [-0.2, -0.15) is 4.57 Å². The molecule has 0 saturated heterocycles. The van der Waals surface area contributed by atoms with Crippen LogP contribution >= 0.6 is 0 Å². The first kappa shape index (κ1) is 20.8. The van der Waals surface area contributed by atoms with Gasteiger partial charge in [-0.15, -0.1) is 0 Å². The van der Waals surface area contributed by atoms with Gasteiger partial charge in [0, 0.05) is 29.3 Å². The molecule has 0 bridgehead atoms. The van der Waals surface area contributed by atoms with Crippen LogP contribution < -0.4 is 23.5 Å². The maximum Gasteiger partial charge on any atom is 0.269 e. The first-order valence-electron chi connectivity index (χ1n) is 11.7. The summed E-state index contributed by atoms with van der Waals surface area (Å²) in [5.74, 6) is 2.91. The summed E-state index contributed by atoms with van der Waals surface area (Å²) >= 11 is 0. The molecule has 3 heterocycles. The number of hydrogen-bond donors (Lipinski definition) is 0. The summed E-state index contributed by atoms with van der Waals surface area (Å²) in [5.41, 5.74) is 3.33. The Balaban J connectivity index is 1.40. The van der Waals surface area contributed by atoms with Crippen LogP contribution in [0.3, 0.4) is 0 Å². The number of aryl methyl sites for hydroxylation is 2. The minimum atomic E-state index is -0.408. The molecule has 8 heteroatoms. The van der Waals surface area contributed by atoms with Gasteiger partial charge < -0.3 is 18.9 Å². The summed E-state index contributed by atoms with van der Waals surface area (Å²) in [7, 11) is 1.63. The molecule has 2 aliphatic rings. The van der Waals surface area contributed by atoms with Gasteiger partial charge in [0.2, 0.25) is 12.3 Å². The smallest absolute Gasteiger partial charge is 0.269 e. The zero-order valence-electron chi connectivity index (χ0n) is 19.4. The lowest BCUT2D eigenvalue weighted by Gasteiger charge is -2.18. The van der Waals surface area contributed by atoms with Gasteiger partial charge in [0.05, 0.1) is 28.2 Å². The molecule has 178 valence electrons. The van der Waals surface area contributed by atoms with Crippen LogP contribution in [0.15, 0.2) is 60.8 Å². The van der Waals surface area contributed by atoms with E-state index in [1.807, 2.05) is 6.07 Å². The average Bonchev–Trinajstić information content (AvgIpc) is 3.38. The minimum absolute atomic E-state index is 0.0534. The number of nitro benzene ring substituents is 1. The zero-order valence-corrected chi connectivity index (χ0v) is 19.4. The van der Waals surface area contributed by atoms with Crippen LogP contribution in [0.2, 0.25) is 0 Å². The molecule has 0 spiro atoms. The lowest BCUT2D eigenvalue weighted by Crippen LogP contribution is -2.38. The van der Waals surface area contributed by atoms with Crippen LogP contribution in [0.5, 0.6) is 23.0 Å². The predicted octanol–water partition coefficient (Wildman–Crippen LogP) is 5.21. The highest BCUT2D eigenvalue weighted by atomic mass is 16.7. The van der Waals surface area contributed by atoms with Crippen LogP contribution in [-0.4, -0.2) is 18.8 Å². The van der Waals surface area contributed by atoms with Crippen molar-refractivity contribution in [1.82, 2.24) is 0 Å². The molecule has 4 aromatic carbocycles. The molecule has 0 fully saturated rings. The quantitative estimate of drug-likeness (QED) is 0.148. The number of rotatable bonds is 5. The van der Waals surface area contributed by atoms with Gasteiger partial charge in [0.1, 0.15) is 6.61 Å². The van der Waals surface area contributed by atoms with Gasteiger partial charge >= 0.3 is 0 Å². The monoisotopic (exact) mass is 481 g/mol. The molecule has 36 heavy (non-hydrogen) atoms. The first-order chi connectivity index (χ1) is 17.6. The van der Waals surface area contributed by atoms with E-state index in [4.69, 9.17) is 18.9 Å². The van der Waals surface area contributed by atoms with Crippen molar-refractivity contribution in [1.29, 1.82) is 0 Å². The van der Waals surface area contributed by atoms with E-state index in [-0.39, 0.29) is 19.1 Å². The predicted molar refractivity (Wildman–Crippen MR) is 133 cm³/mol. The fraction of sp³-hybridized carbons (Fsp3) is 0.179. The van der Waals surface area contributed by atoms with Crippen molar-refractivity contribution < 1.29 is 28.4 Å². The van der Waals surface area contributed by atoms with E-state index < -0.39 is 4.92 Å². The van der Waals surface area contributed by atoms with E-state index in [0.717, 1.165) is 51.6 Å². The number of ether oxygens (including phenoxy) is 4. The Morgan fingerprint density at radius 1 is 1.00 bits per heavy atom. The van der Waals surface area contributed by atoms with Gasteiger partial charge in [0.25, 0.3) is 5.69 Å². The Hall–Kier alpha value is -4.59. The number of methoxy groups -OCH3 is 1. The Morgan fingerprint density at radius 2 is 1.81 bits per heavy atom. The largest absolute Gasteiger partial charge is 0.493 e. The number of fused-ring (bicyclic) bond motifs is 4. The SMILES string of the molecule is COc1ccc2c(c[n+]3c4c2ccc2c5c(cc(c24)CC3)OCO5)c1OCc1ccc([N+](=O)[O-])cc1. The number of aromatic nitrogens is 1. The van der Waals surface area contributed by atoms with Gasteiger partial charge in [0.15, 0.2) is 35.7 Å². The first-order valence-corrected chi connectivity index (χ1v) is 11.7. The number of hydrogen-bond acceptors (Lipinski definition) is 6. The molecule has 0 amide bonds. The van der Waals surface area contributed by atoms with E-state index >= 15 is 0 Å². The fourth-order valence-corrected chi connectivity index (χ4v) is 5.41. The van der Waals surface area contributed by atoms with E-state index in [2.05, 4.69) is 35.0 Å². The highest BCUT2D eigenvalue weighted by molar-refractivity contribution is 6.17. The molecule has 2 aliphatic heterocycles. The standard InChI is InChI=1S/C28H21N2O6/c1-33-23-9-8-19-20-6-7-21-25-17(12-24-27(21)36-15-35-24)10-11-29(26(20)25)13-22(19)28(23)34-14-16-2-4-18(5-3-16)30(31)32/h2-9,12-13H,10-11,14-15H2,1H3/q+1. The maximum absolute atomic E-state index is 11.0. The van der Waals surface area contributed by atoms with Crippen molar-refractivity contribution in [2.45, 2.75) is 19.6 Å². The Bertz CT molecular complexity index is 1730. The second-order valence-electron chi connectivity index (χ2n) is 9.00. The van der Waals surface area contributed by atoms with Crippen molar-refractivity contribution in [2.24, 2.45) is 0 Å². The lowest BCUT2D eigenvalue weighted by molar-refractivity contribution is -0.670. The molecule has 0 unspecified atom stereocenters. The van der Waals surface area contributed by atoms with E-state index in [1.54, 1.807) is 19.2 Å². The number of pyridine rings is 1. The van der Waals surface area contributed by atoms with Gasteiger partial charge in [-0.25, -0.2) is 0 Å². The van der Waals surface area contributed by atoms with Crippen molar-refractivity contribution in [3.63, 3.8) is 0 Å². The third kappa shape index (κ3) is 2.97. The summed E-state index contributed by atoms with van der Waals surface area (Å²) in [6, 6.07) is 16.8. The van der Waals surface area contributed by atoms with Crippen molar-refractivity contribution in [3.05, 3.63) is 82.0 Å².